The van der Waals surface area contributed by atoms with Gasteiger partial charge in [0, 0.05) is 16.6 Å². The number of aliphatic carboxylic acids is 1. The lowest BCUT2D eigenvalue weighted by atomic mass is 9.81. The summed E-state index contributed by atoms with van der Waals surface area (Å²) in [5, 5.41) is 14.8. The number of carboxylic acids is 1. The first-order valence-electron chi connectivity index (χ1n) is 7.51. The summed E-state index contributed by atoms with van der Waals surface area (Å²) in [5.74, 6) is -2.27. The van der Waals surface area contributed by atoms with E-state index in [0.717, 1.165) is 0 Å². The number of nitrogens with one attached hydrogen (secondary N) is 2. The molecule has 0 spiro atoms. The molecule has 2 rings (SSSR count). The van der Waals surface area contributed by atoms with Gasteiger partial charge < -0.3 is 15.7 Å². The summed E-state index contributed by atoms with van der Waals surface area (Å²) >= 11 is 5.76. The summed E-state index contributed by atoms with van der Waals surface area (Å²) < 4.78 is 0. The summed E-state index contributed by atoms with van der Waals surface area (Å²) in [6, 6.07) is 6.65. The molecule has 0 aromatic heterocycles. The van der Waals surface area contributed by atoms with Crippen molar-refractivity contribution in [3.63, 3.8) is 0 Å². The second kappa shape index (κ2) is 7.97. The summed E-state index contributed by atoms with van der Waals surface area (Å²) in [4.78, 5) is 34.9. The highest BCUT2D eigenvalue weighted by Crippen LogP contribution is 2.29. The third-order valence-electron chi connectivity index (χ3n) is 3.95. The van der Waals surface area contributed by atoms with E-state index in [2.05, 4.69) is 10.6 Å². The van der Waals surface area contributed by atoms with E-state index < -0.39 is 11.9 Å². The van der Waals surface area contributed by atoms with Crippen molar-refractivity contribution in [1.29, 1.82) is 0 Å². The van der Waals surface area contributed by atoms with Gasteiger partial charge in [-0.15, -0.1) is 0 Å². The van der Waals surface area contributed by atoms with E-state index >= 15 is 0 Å². The Morgan fingerprint density at radius 2 is 1.78 bits per heavy atom. The zero-order valence-electron chi connectivity index (χ0n) is 12.5. The van der Waals surface area contributed by atoms with Crippen molar-refractivity contribution in [1.82, 2.24) is 5.32 Å². The zero-order valence-corrected chi connectivity index (χ0v) is 13.3. The first-order chi connectivity index (χ1) is 11.0. The van der Waals surface area contributed by atoms with Crippen molar-refractivity contribution in [2.24, 2.45) is 11.8 Å². The number of benzene rings is 1. The molecule has 0 heterocycles. The average Bonchev–Trinajstić information content (AvgIpc) is 2.55. The van der Waals surface area contributed by atoms with E-state index in [1.165, 1.54) is 0 Å². The molecule has 1 aromatic carbocycles. The van der Waals surface area contributed by atoms with Crippen LogP contribution in [-0.4, -0.2) is 29.4 Å². The molecule has 0 radical (unpaired) electrons. The van der Waals surface area contributed by atoms with Crippen molar-refractivity contribution in [3.8, 4) is 0 Å². The molecule has 2 unspecified atom stereocenters. The Hall–Kier alpha value is -2.08. The normalized spacial score (nSPS) is 20.6. The van der Waals surface area contributed by atoms with E-state index in [0.29, 0.717) is 36.4 Å². The van der Waals surface area contributed by atoms with Crippen molar-refractivity contribution < 1.29 is 19.5 Å². The Balaban J connectivity index is 1.78. The molecule has 1 aliphatic rings. The molecular weight excluding hydrogens is 320 g/mol. The maximum Gasteiger partial charge on any atom is 0.306 e. The molecule has 0 saturated heterocycles. The van der Waals surface area contributed by atoms with E-state index in [1.807, 2.05) is 0 Å². The second-order valence-electron chi connectivity index (χ2n) is 5.67. The van der Waals surface area contributed by atoms with E-state index in [-0.39, 0.29) is 24.3 Å². The van der Waals surface area contributed by atoms with Crippen LogP contribution in [0.25, 0.3) is 0 Å². The van der Waals surface area contributed by atoms with Gasteiger partial charge in [0.05, 0.1) is 12.5 Å². The maximum absolute atomic E-state index is 12.1. The monoisotopic (exact) mass is 338 g/mol. The molecule has 1 aromatic rings. The standard InChI is InChI=1S/C16H19ClN2O4/c17-12-4-6-13(7-5-12)19-14(20)9-18-15(21)10-2-1-3-11(8-10)16(22)23/h4-7,10-11H,1-3,8-9H2,(H,18,21)(H,19,20)(H,22,23). The second-order valence-corrected chi connectivity index (χ2v) is 6.11. The van der Waals surface area contributed by atoms with E-state index in [9.17, 15) is 14.4 Å². The fraction of sp³-hybridized carbons (Fsp3) is 0.438. The summed E-state index contributed by atoms with van der Waals surface area (Å²) in [5.41, 5.74) is 0.595. The van der Waals surface area contributed by atoms with Crippen molar-refractivity contribution in [2.45, 2.75) is 25.7 Å². The first kappa shape index (κ1) is 17.3. The van der Waals surface area contributed by atoms with Crippen LogP contribution in [0.15, 0.2) is 24.3 Å². The Kier molecular flexibility index (Phi) is 5.98. The SMILES string of the molecule is O=C(CNC(=O)C1CCCC(C(=O)O)C1)Nc1ccc(Cl)cc1. The molecule has 3 N–H and O–H groups in total. The van der Waals surface area contributed by atoms with Gasteiger partial charge >= 0.3 is 5.97 Å². The number of rotatable bonds is 5. The molecule has 6 nitrogen and oxygen atoms in total. The molecule has 2 atom stereocenters. The van der Waals surface area contributed by atoms with Gasteiger partial charge in [0.2, 0.25) is 11.8 Å². The van der Waals surface area contributed by atoms with E-state index in [1.54, 1.807) is 24.3 Å². The van der Waals surface area contributed by atoms with Gasteiger partial charge in [0.15, 0.2) is 0 Å². The topological polar surface area (TPSA) is 95.5 Å². The Morgan fingerprint density at radius 1 is 1.13 bits per heavy atom. The summed E-state index contributed by atoms with van der Waals surface area (Å²) in [7, 11) is 0. The summed E-state index contributed by atoms with van der Waals surface area (Å²) in [6.45, 7) is -0.143. The highest BCUT2D eigenvalue weighted by molar-refractivity contribution is 6.30. The van der Waals surface area contributed by atoms with Crippen LogP contribution in [0, 0.1) is 11.8 Å². The van der Waals surface area contributed by atoms with Gasteiger partial charge in [-0.3, -0.25) is 14.4 Å². The third-order valence-corrected chi connectivity index (χ3v) is 4.20. The molecule has 2 amide bonds. The van der Waals surface area contributed by atoms with Crippen LogP contribution >= 0.6 is 11.6 Å². The first-order valence-corrected chi connectivity index (χ1v) is 7.89. The Bertz CT molecular complexity index is 588. The number of hydrogen-bond acceptors (Lipinski definition) is 3. The van der Waals surface area contributed by atoms with Gasteiger partial charge in [-0.05, 0) is 43.5 Å². The quantitative estimate of drug-likeness (QED) is 0.767. The number of hydrogen-bond donors (Lipinski definition) is 3. The van der Waals surface area contributed by atoms with E-state index in [4.69, 9.17) is 16.7 Å². The number of carbonyl (C=O) groups excluding carboxylic acids is 2. The fourth-order valence-electron chi connectivity index (χ4n) is 2.70. The maximum atomic E-state index is 12.1. The lowest BCUT2D eigenvalue weighted by Gasteiger charge is -2.25. The summed E-state index contributed by atoms with van der Waals surface area (Å²) in [6.07, 6.45) is 2.32. The van der Waals surface area contributed by atoms with Gasteiger partial charge in [0.25, 0.3) is 0 Å². The minimum atomic E-state index is -0.858. The molecular formula is C16H19ClN2O4. The number of halogens is 1. The molecule has 1 fully saturated rings. The molecule has 23 heavy (non-hydrogen) atoms. The van der Waals surface area contributed by atoms with Gasteiger partial charge in [-0.25, -0.2) is 0 Å². The Morgan fingerprint density at radius 3 is 2.43 bits per heavy atom. The number of anilines is 1. The molecule has 0 aliphatic heterocycles. The average molecular weight is 339 g/mol. The molecule has 124 valence electrons. The van der Waals surface area contributed by atoms with Crippen LogP contribution in [0.3, 0.4) is 0 Å². The van der Waals surface area contributed by atoms with Crippen LogP contribution in [0.5, 0.6) is 0 Å². The lowest BCUT2D eigenvalue weighted by molar-refractivity contribution is -0.144. The lowest BCUT2D eigenvalue weighted by Crippen LogP contribution is -2.39. The van der Waals surface area contributed by atoms with Crippen molar-refractivity contribution in [3.05, 3.63) is 29.3 Å². The predicted octanol–water partition coefficient (Wildman–Crippen LogP) is 2.29. The number of amides is 2. The van der Waals surface area contributed by atoms with Crippen LogP contribution in [-0.2, 0) is 14.4 Å². The van der Waals surface area contributed by atoms with Crippen LogP contribution < -0.4 is 10.6 Å². The largest absolute Gasteiger partial charge is 0.481 e. The molecule has 1 saturated carbocycles. The van der Waals surface area contributed by atoms with Crippen molar-refractivity contribution in [2.75, 3.05) is 11.9 Å². The zero-order chi connectivity index (χ0) is 16.8. The van der Waals surface area contributed by atoms with Crippen LogP contribution in [0.4, 0.5) is 5.69 Å². The number of carbonyl (C=O) groups is 3. The van der Waals surface area contributed by atoms with Crippen LogP contribution in [0.1, 0.15) is 25.7 Å². The van der Waals surface area contributed by atoms with Gasteiger partial charge in [-0.2, -0.15) is 0 Å². The predicted molar refractivity (Wildman–Crippen MR) is 86.2 cm³/mol. The highest BCUT2D eigenvalue weighted by Gasteiger charge is 2.30. The fourth-order valence-corrected chi connectivity index (χ4v) is 2.83. The smallest absolute Gasteiger partial charge is 0.306 e. The molecule has 0 bridgehead atoms. The molecule has 1 aliphatic carbocycles. The highest BCUT2D eigenvalue weighted by atomic mass is 35.5. The van der Waals surface area contributed by atoms with Crippen LogP contribution in [0.2, 0.25) is 5.02 Å². The molecule has 7 heteroatoms. The number of carboxylic acid groups (broad SMARTS) is 1. The minimum Gasteiger partial charge on any atom is -0.481 e. The minimum absolute atomic E-state index is 0.143. The van der Waals surface area contributed by atoms with Crippen molar-refractivity contribution >= 4 is 35.1 Å². The van der Waals surface area contributed by atoms with Gasteiger partial charge in [0.1, 0.15) is 0 Å². The third kappa shape index (κ3) is 5.25. The van der Waals surface area contributed by atoms with Gasteiger partial charge in [-0.1, -0.05) is 18.0 Å². The Labute approximate surface area is 139 Å².